The zero-order valence-electron chi connectivity index (χ0n) is 16.0. The molecule has 0 radical (unpaired) electrons. The van der Waals surface area contributed by atoms with Crippen LogP contribution in [0.4, 0.5) is 13.2 Å². The van der Waals surface area contributed by atoms with Crippen molar-refractivity contribution in [2.24, 2.45) is 4.99 Å². The van der Waals surface area contributed by atoms with Crippen LogP contribution in [0.3, 0.4) is 0 Å². The largest absolute Gasteiger partial charge is 0.484 e. The van der Waals surface area contributed by atoms with Crippen LogP contribution >= 0.6 is 35.6 Å². The Hall–Kier alpha value is -1.75. The highest BCUT2D eigenvalue weighted by Gasteiger charge is 2.28. The lowest BCUT2D eigenvalue weighted by Gasteiger charge is -2.16. The first-order valence-corrected chi connectivity index (χ1v) is 8.98. The third-order valence-corrected chi connectivity index (χ3v) is 4.00. The Morgan fingerprint density at radius 1 is 1.21 bits per heavy atom. The molecule has 10 heteroatoms. The van der Waals surface area contributed by atoms with Crippen molar-refractivity contribution in [1.82, 2.24) is 15.6 Å². The van der Waals surface area contributed by atoms with Gasteiger partial charge < -0.3 is 15.4 Å². The molecule has 0 fully saturated rings. The van der Waals surface area contributed by atoms with Gasteiger partial charge in [0.05, 0.1) is 0 Å². The summed E-state index contributed by atoms with van der Waals surface area (Å²) in [5.74, 6) is 0.733. The Kier molecular flexibility index (Phi) is 10.5. The van der Waals surface area contributed by atoms with Gasteiger partial charge in [0.1, 0.15) is 10.9 Å². The minimum atomic E-state index is -4.39. The molecule has 2 aromatic rings. The molecule has 1 aromatic heterocycles. The highest BCUT2D eigenvalue weighted by atomic mass is 127. The second-order valence-corrected chi connectivity index (χ2v) is 6.49. The number of benzene rings is 1. The lowest BCUT2D eigenvalue weighted by atomic mass is 10.1. The normalized spacial score (nSPS) is 11.6. The number of guanidine groups is 1. The first-order valence-electron chi connectivity index (χ1n) is 8.61. The summed E-state index contributed by atoms with van der Waals surface area (Å²) in [5, 5.41) is 6.67. The molecule has 29 heavy (non-hydrogen) atoms. The smallest absolute Gasteiger partial charge is 0.422 e. The summed E-state index contributed by atoms with van der Waals surface area (Å²) in [5.41, 5.74) is 2.45. The van der Waals surface area contributed by atoms with Crippen LogP contribution in [0.1, 0.15) is 16.7 Å². The molecule has 1 aromatic carbocycles. The summed E-state index contributed by atoms with van der Waals surface area (Å²) in [6.45, 7) is 1.35. The van der Waals surface area contributed by atoms with Gasteiger partial charge in [-0.05, 0) is 36.6 Å². The van der Waals surface area contributed by atoms with Crippen molar-refractivity contribution in [3.63, 3.8) is 0 Å². The molecule has 0 aliphatic carbocycles. The van der Waals surface area contributed by atoms with Gasteiger partial charge in [-0.1, -0.05) is 29.8 Å². The Labute approximate surface area is 190 Å². The summed E-state index contributed by atoms with van der Waals surface area (Å²) in [6, 6.07) is 8.77. The van der Waals surface area contributed by atoms with Crippen LogP contribution < -0.4 is 15.4 Å². The molecule has 160 valence electrons. The number of aryl methyl sites for hydroxylation is 1. The van der Waals surface area contributed by atoms with Crippen LogP contribution in [0, 0.1) is 6.92 Å². The van der Waals surface area contributed by atoms with Gasteiger partial charge in [-0.25, -0.2) is 4.98 Å². The second kappa shape index (κ2) is 12.1. The van der Waals surface area contributed by atoms with E-state index in [1.54, 1.807) is 38.4 Å². The predicted molar refractivity (Wildman–Crippen MR) is 119 cm³/mol. The molecule has 1 heterocycles. The maximum Gasteiger partial charge on any atom is 0.422 e. The highest BCUT2D eigenvalue weighted by Crippen LogP contribution is 2.23. The average Bonchev–Trinajstić information content (AvgIpc) is 2.64. The van der Waals surface area contributed by atoms with Gasteiger partial charge in [0.2, 0.25) is 0 Å². The molecule has 0 amide bonds. The summed E-state index contributed by atoms with van der Waals surface area (Å²) in [7, 11) is 1.62. The topological polar surface area (TPSA) is 58.5 Å². The first kappa shape index (κ1) is 25.3. The number of hydrogen-bond acceptors (Lipinski definition) is 3. The lowest BCUT2D eigenvalue weighted by Crippen LogP contribution is -2.38. The predicted octanol–water partition coefficient (Wildman–Crippen LogP) is 4.51. The van der Waals surface area contributed by atoms with E-state index in [-0.39, 0.29) is 36.3 Å². The highest BCUT2D eigenvalue weighted by molar-refractivity contribution is 14.0. The van der Waals surface area contributed by atoms with Crippen LogP contribution in [0.5, 0.6) is 5.75 Å². The summed E-state index contributed by atoms with van der Waals surface area (Å²) >= 11 is 5.76. The molecule has 2 N–H and O–H groups in total. The molecule has 2 rings (SSSR count). The Morgan fingerprint density at radius 3 is 2.59 bits per heavy atom. The molecular formula is C19H23ClF3IN4O. The van der Waals surface area contributed by atoms with Crippen molar-refractivity contribution >= 4 is 41.5 Å². The molecule has 0 bridgehead atoms. The molecule has 0 saturated carbocycles. The Balaban J connectivity index is 0.00000420. The Bertz CT molecular complexity index is 801. The number of alkyl halides is 3. The Morgan fingerprint density at radius 2 is 1.97 bits per heavy atom. The molecule has 0 spiro atoms. The quantitative estimate of drug-likeness (QED) is 0.234. The summed E-state index contributed by atoms with van der Waals surface area (Å²) < 4.78 is 42.3. The maximum absolute atomic E-state index is 12.5. The van der Waals surface area contributed by atoms with Gasteiger partial charge in [-0.15, -0.1) is 24.0 Å². The van der Waals surface area contributed by atoms with Gasteiger partial charge in [-0.3, -0.25) is 4.99 Å². The van der Waals surface area contributed by atoms with E-state index in [1.807, 2.05) is 12.1 Å². The van der Waals surface area contributed by atoms with E-state index in [1.165, 1.54) is 0 Å². The zero-order chi connectivity index (χ0) is 20.6. The van der Waals surface area contributed by atoms with E-state index in [2.05, 4.69) is 20.6 Å². The van der Waals surface area contributed by atoms with Crippen LogP contribution in [0.15, 0.2) is 41.5 Å². The SMILES string of the molecule is CN=C(NCCc1ccc(Cl)nc1)NCc1ccc(C)cc1OCC(F)(F)F.I. The summed E-state index contributed by atoms with van der Waals surface area (Å²) in [6.07, 6.45) is -1.96. The van der Waals surface area contributed by atoms with Gasteiger partial charge in [0, 0.05) is 31.9 Å². The van der Waals surface area contributed by atoms with Crippen LogP contribution in [-0.2, 0) is 13.0 Å². The number of pyridine rings is 1. The second-order valence-electron chi connectivity index (χ2n) is 6.11. The third kappa shape index (κ3) is 9.53. The van der Waals surface area contributed by atoms with E-state index in [0.29, 0.717) is 23.2 Å². The fraction of sp³-hybridized carbons (Fsp3) is 0.368. The van der Waals surface area contributed by atoms with E-state index in [0.717, 1.165) is 17.5 Å². The van der Waals surface area contributed by atoms with E-state index >= 15 is 0 Å². The van der Waals surface area contributed by atoms with E-state index in [9.17, 15) is 13.2 Å². The van der Waals surface area contributed by atoms with Crippen molar-refractivity contribution < 1.29 is 17.9 Å². The van der Waals surface area contributed by atoms with Gasteiger partial charge in [-0.2, -0.15) is 13.2 Å². The molecule has 0 saturated heterocycles. The van der Waals surface area contributed by atoms with Crippen LogP contribution in [0.2, 0.25) is 5.15 Å². The van der Waals surface area contributed by atoms with Crippen molar-refractivity contribution in [1.29, 1.82) is 0 Å². The zero-order valence-corrected chi connectivity index (χ0v) is 19.1. The molecule has 0 atom stereocenters. The van der Waals surface area contributed by atoms with Crippen molar-refractivity contribution in [2.45, 2.75) is 26.1 Å². The number of nitrogens with zero attached hydrogens (tertiary/aromatic N) is 2. The average molecular weight is 543 g/mol. The number of halogens is 5. The molecule has 5 nitrogen and oxygen atoms in total. The maximum atomic E-state index is 12.5. The first-order chi connectivity index (χ1) is 13.3. The fourth-order valence-corrected chi connectivity index (χ4v) is 2.49. The third-order valence-electron chi connectivity index (χ3n) is 3.78. The molecule has 0 aliphatic rings. The number of ether oxygens (including phenoxy) is 1. The standard InChI is InChI=1S/C19H22ClF3N4O.HI/c1-13-3-5-15(16(9-13)28-12-19(21,22)23)11-27-18(24-2)25-8-7-14-4-6-17(20)26-10-14;/h3-6,9-10H,7-8,11-12H2,1-2H3,(H2,24,25,27);1H. The summed E-state index contributed by atoms with van der Waals surface area (Å²) in [4.78, 5) is 8.14. The number of aliphatic imine (C=N–C) groups is 1. The van der Waals surface area contributed by atoms with Gasteiger partial charge in [0.25, 0.3) is 0 Å². The minimum Gasteiger partial charge on any atom is -0.484 e. The molecule has 0 unspecified atom stereocenters. The van der Waals surface area contributed by atoms with Gasteiger partial charge in [0.15, 0.2) is 12.6 Å². The van der Waals surface area contributed by atoms with Crippen LogP contribution in [0.25, 0.3) is 0 Å². The van der Waals surface area contributed by atoms with Crippen LogP contribution in [-0.4, -0.2) is 37.3 Å². The van der Waals surface area contributed by atoms with Crippen molar-refractivity contribution in [3.8, 4) is 5.75 Å². The minimum absolute atomic E-state index is 0. The molecular weight excluding hydrogens is 520 g/mol. The fourth-order valence-electron chi connectivity index (χ4n) is 2.38. The molecule has 0 aliphatic heterocycles. The lowest BCUT2D eigenvalue weighted by molar-refractivity contribution is -0.153. The van der Waals surface area contributed by atoms with Crippen molar-refractivity contribution in [2.75, 3.05) is 20.2 Å². The number of nitrogens with one attached hydrogen (secondary N) is 2. The number of rotatable bonds is 7. The van der Waals surface area contributed by atoms with Gasteiger partial charge >= 0.3 is 6.18 Å². The number of hydrogen-bond donors (Lipinski definition) is 2. The van der Waals surface area contributed by atoms with E-state index in [4.69, 9.17) is 16.3 Å². The monoisotopic (exact) mass is 542 g/mol. The van der Waals surface area contributed by atoms with Crippen molar-refractivity contribution in [3.05, 3.63) is 58.4 Å². The number of aromatic nitrogens is 1. The van der Waals surface area contributed by atoms with E-state index < -0.39 is 12.8 Å².